The number of nitrogens with one attached hydrogen (secondary N) is 2. The molecule has 2 N–H and O–H groups in total. The summed E-state index contributed by atoms with van der Waals surface area (Å²) in [5, 5.41) is 6.40. The van der Waals surface area contributed by atoms with Gasteiger partial charge < -0.3 is 10.1 Å². The molecule has 3 rings (SSSR count). The molecule has 0 saturated carbocycles. The average Bonchev–Trinajstić information content (AvgIpc) is 2.89. The molecule has 6 heteroatoms. The van der Waals surface area contributed by atoms with Gasteiger partial charge in [-0.05, 0) is 49.2 Å². The van der Waals surface area contributed by atoms with Crippen LogP contribution in [-0.2, 0) is 17.8 Å². The molecule has 0 fully saturated rings. The van der Waals surface area contributed by atoms with Gasteiger partial charge in [-0.1, -0.05) is 0 Å². The van der Waals surface area contributed by atoms with Crippen molar-refractivity contribution in [2.24, 2.45) is 0 Å². The molecule has 0 atom stereocenters. The third-order valence-corrected chi connectivity index (χ3v) is 4.50. The highest BCUT2D eigenvalue weighted by Crippen LogP contribution is 2.30. The van der Waals surface area contributed by atoms with Gasteiger partial charge in [0.2, 0.25) is 0 Å². The van der Waals surface area contributed by atoms with Crippen molar-refractivity contribution in [3.63, 3.8) is 0 Å². The Morgan fingerprint density at radius 2 is 1.95 bits per heavy atom. The molecule has 1 aromatic heterocycles. The molecule has 22 heavy (non-hydrogen) atoms. The zero-order chi connectivity index (χ0) is 15.5. The quantitative estimate of drug-likeness (QED) is 0.849. The molecule has 1 aromatic carbocycles. The average molecular weight is 316 g/mol. The Kier molecular flexibility index (Phi) is 4.22. The largest absolute Gasteiger partial charge is 0.376 e. The minimum Gasteiger partial charge on any atom is -0.376 e. The smallest absolute Gasteiger partial charge is 0.324 e. The van der Waals surface area contributed by atoms with Gasteiger partial charge in [0.05, 0.1) is 18.2 Å². The molecular formula is C16H16N2O3S. The van der Waals surface area contributed by atoms with Crippen LogP contribution in [0, 0.1) is 0 Å². The number of carbonyl (C=O) groups is 2. The second kappa shape index (κ2) is 6.29. The van der Waals surface area contributed by atoms with Crippen molar-refractivity contribution in [2.45, 2.75) is 20.0 Å². The van der Waals surface area contributed by atoms with E-state index >= 15 is 0 Å². The second-order valence-corrected chi connectivity index (χ2v) is 6.21. The first-order chi connectivity index (χ1) is 10.6. The summed E-state index contributed by atoms with van der Waals surface area (Å²) in [6.07, 6.45) is 0.891. The molecule has 114 valence electrons. The molecule has 0 radical (unpaired) electrons. The lowest BCUT2D eigenvalue weighted by Crippen LogP contribution is -2.18. The fraction of sp³-hybridized carbons (Fsp3) is 0.250. The van der Waals surface area contributed by atoms with Gasteiger partial charge in [-0.3, -0.25) is 10.1 Å². The minimum absolute atomic E-state index is 0.00221. The molecule has 5 nitrogen and oxygen atoms in total. The number of amides is 2. The molecule has 1 aliphatic rings. The van der Waals surface area contributed by atoms with Gasteiger partial charge in [0.15, 0.2) is 5.78 Å². The van der Waals surface area contributed by atoms with Crippen molar-refractivity contribution in [1.82, 2.24) is 0 Å². The highest BCUT2D eigenvalue weighted by atomic mass is 32.1. The molecule has 2 heterocycles. The number of hydrogen-bond donors (Lipinski definition) is 2. The fourth-order valence-corrected chi connectivity index (χ4v) is 3.32. The predicted molar refractivity (Wildman–Crippen MR) is 86.8 cm³/mol. The number of urea groups is 1. The number of rotatable bonds is 3. The first-order valence-electron chi connectivity index (χ1n) is 7.00. The lowest BCUT2D eigenvalue weighted by Gasteiger charge is -2.10. The fourth-order valence-electron chi connectivity index (χ4n) is 2.27. The second-order valence-electron chi connectivity index (χ2n) is 5.07. The van der Waals surface area contributed by atoms with E-state index in [2.05, 4.69) is 10.6 Å². The summed E-state index contributed by atoms with van der Waals surface area (Å²) in [6, 6.07) is 8.52. The van der Waals surface area contributed by atoms with Crippen molar-refractivity contribution in [3.8, 4) is 0 Å². The van der Waals surface area contributed by atoms with Gasteiger partial charge in [-0.2, -0.15) is 0 Å². The number of anilines is 2. The Labute approximate surface area is 132 Å². The first-order valence-corrected chi connectivity index (χ1v) is 7.82. The maximum Gasteiger partial charge on any atom is 0.324 e. The predicted octanol–water partition coefficient (Wildman–Crippen LogP) is 3.67. The van der Waals surface area contributed by atoms with Crippen molar-refractivity contribution < 1.29 is 14.3 Å². The van der Waals surface area contributed by atoms with Crippen LogP contribution in [0.3, 0.4) is 0 Å². The topological polar surface area (TPSA) is 67.4 Å². The SMILES string of the molecule is CC(=O)c1ccc(NC(=O)Nc2cc3c(s2)COCC3)cc1. The minimum atomic E-state index is -0.296. The van der Waals surface area contributed by atoms with Gasteiger partial charge >= 0.3 is 6.03 Å². The van der Waals surface area contributed by atoms with Gasteiger partial charge in [0, 0.05) is 16.1 Å². The van der Waals surface area contributed by atoms with Crippen LogP contribution in [0.2, 0.25) is 0 Å². The standard InChI is InChI=1S/C16H16N2O3S/c1-10(19)11-2-4-13(5-3-11)17-16(20)18-15-8-12-6-7-21-9-14(12)22-15/h2-5,8H,6-7,9H2,1H3,(H2,17,18,20). The number of benzene rings is 1. The number of ether oxygens (including phenoxy) is 1. The van der Waals surface area contributed by atoms with Crippen LogP contribution < -0.4 is 10.6 Å². The molecule has 0 bridgehead atoms. The number of fused-ring (bicyclic) bond motifs is 1. The molecule has 0 unspecified atom stereocenters. The Morgan fingerprint density at radius 3 is 2.64 bits per heavy atom. The lowest BCUT2D eigenvalue weighted by molar-refractivity contribution is 0.101. The maximum absolute atomic E-state index is 12.0. The Balaban J connectivity index is 1.62. The number of carbonyl (C=O) groups excluding carboxylic acids is 2. The summed E-state index contributed by atoms with van der Waals surface area (Å²) >= 11 is 1.54. The van der Waals surface area contributed by atoms with Crippen molar-refractivity contribution in [1.29, 1.82) is 0 Å². The number of ketones is 1. The zero-order valence-electron chi connectivity index (χ0n) is 12.1. The monoisotopic (exact) mass is 316 g/mol. The van der Waals surface area contributed by atoms with Crippen molar-refractivity contribution in [3.05, 3.63) is 46.3 Å². The zero-order valence-corrected chi connectivity index (χ0v) is 13.0. The van der Waals surface area contributed by atoms with Gasteiger partial charge in [-0.15, -0.1) is 11.3 Å². The van der Waals surface area contributed by atoms with Crippen LogP contribution in [0.15, 0.2) is 30.3 Å². The van der Waals surface area contributed by atoms with E-state index in [9.17, 15) is 9.59 Å². The summed E-state index contributed by atoms with van der Waals surface area (Å²) in [7, 11) is 0. The Morgan fingerprint density at radius 1 is 1.18 bits per heavy atom. The normalized spacial score (nSPS) is 13.3. The summed E-state index contributed by atoms with van der Waals surface area (Å²) in [6.45, 7) is 2.87. The van der Waals surface area contributed by atoms with E-state index in [0.29, 0.717) is 17.9 Å². The van der Waals surface area contributed by atoms with E-state index in [4.69, 9.17) is 4.74 Å². The van der Waals surface area contributed by atoms with Crippen LogP contribution in [0.1, 0.15) is 27.7 Å². The van der Waals surface area contributed by atoms with Gasteiger partial charge in [-0.25, -0.2) is 4.79 Å². The van der Waals surface area contributed by atoms with Crippen LogP contribution in [0.4, 0.5) is 15.5 Å². The van der Waals surface area contributed by atoms with Crippen LogP contribution >= 0.6 is 11.3 Å². The lowest BCUT2D eigenvalue weighted by atomic mass is 10.1. The molecule has 0 spiro atoms. The summed E-state index contributed by atoms with van der Waals surface area (Å²) in [5.41, 5.74) is 2.52. The molecular weight excluding hydrogens is 300 g/mol. The van der Waals surface area contributed by atoms with Crippen LogP contribution in [-0.4, -0.2) is 18.4 Å². The third-order valence-electron chi connectivity index (χ3n) is 3.43. The Hall–Kier alpha value is -2.18. The van der Waals surface area contributed by atoms with Crippen molar-refractivity contribution >= 4 is 33.8 Å². The molecule has 2 amide bonds. The van der Waals surface area contributed by atoms with E-state index in [1.165, 1.54) is 28.7 Å². The number of hydrogen-bond acceptors (Lipinski definition) is 4. The van der Waals surface area contributed by atoms with E-state index in [0.717, 1.165) is 18.0 Å². The van der Waals surface area contributed by atoms with Crippen molar-refractivity contribution in [2.75, 3.05) is 17.2 Å². The van der Waals surface area contributed by atoms with Gasteiger partial charge in [0.1, 0.15) is 0 Å². The van der Waals surface area contributed by atoms with E-state index in [-0.39, 0.29) is 11.8 Å². The summed E-state index contributed by atoms with van der Waals surface area (Å²) in [5.74, 6) is 0.00221. The Bertz CT molecular complexity index is 683. The summed E-state index contributed by atoms with van der Waals surface area (Å²) < 4.78 is 5.39. The van der Waals surface area contributed by atoms with Gasteiger partial charge in [0.25, 0.3) is 0 Å². The third kappa shape index (κ3) is 3.35. The molecule has 0 saturated heterocycles. The maximum atomic E-state index is 12.0. The highest BCUT2D eigenvalue weighted by molar-refractivity contribution is 7.16. The number of thiophene rings is 1. The highest BCUT2D eigenvalue weighted by Gasteiger charge is 2.15. The number of Topliss-reactive ketones (excluding diaryl/α,β-unsaturated/α-hetero) is 1. The van der Waals surface area contributed by atoms with Crippen LogP contribution in [0.25, 0.3) is 0 Å². The first kappa shape index (κ1) is 14.7. The molecule has 0 aliphatic carbocycles. The molecule has 1 aliphatic heterocycles. The van der Waals surface area contributed by atoms with E-state index in [1.54, 1.807) is 24.3 Å². The van der Waals surface area contributed by atoms with E-state index in [1.807, 2.05) is 6.07 Å². The van der Waals surface area contributed by atoms with Crippen LogP contribution in [0.5, 0.6) is 0 Å². The summed E-state index contributed by atoms with van der Waals surface area (Å²) in [4.78, 5) is 24.4. The molecule has 2 aromatic rings. The van der Waals surface area contributed by atoms with E-state index < -0.39 is 0 Å².